The van der Waals surface area contributed by atoms with Crippen LogP contribution in [0.3, 0.4) is 0 Å². The van der Waals surface area contributed by atoms with Gasteiger partial charge in [0.2, 0.25) is 0 Å². The van der Waals surface area contributed by atoms with Crippen LogP contribution in [0, 0.1) is 0 Å². The summed E-state index contributed by atoms with van der Waals surface area (Å²) >= 11 is 0. The Morgan fingerprint density at radius 1 is 0.824 bits per heavy atom. The summed E-state index contributed by atoms with van der Waals surface area (Å²) in [6.45, 7) is 3.73. The fourth-order valence-electron chi connectivity index (χ4n) is 5.68. The van der Waals surface area contributed by atoms with E-state index >= 15 is 0 Å². The number of benzene rings is 2. The Morgan fingerprint density at radius 2 is 1.41 bits per heavy atom. The van der Waals surface area contributed by atoms with Crippen LogP contribution in [-0.4, -0.2) is 116 Å². The number of carboxylic acids is 1. The summed E-state index contributed by atoms with van der Waals surface area (Å²) in [4.78, 5) is 41.7. The first kappa shape index (κ1) is 39.7. The second kappa shape index (κ2) is 20.1. The van der Waals surface area contributed by atoms with Gasteiger partial charge in [0.05, 0.1) is 17.2 Å². The Bertz CT molecular complexity index is 1440. The van der Waals surface area contributed by atoms with Gasteiger partial charge in [-0.05, 0) is 42.6 Å². The standard InChI is InChI=1S/C35H45N3O13/c1-4-6-18-45-27-24(37-38-36)34(44-3)48-23(20-47-32(42)21-14-10-8-11-15-21)26(27)50-35-30(49-33(43)22-16-12-9-13-17-22)28(46-19-7-5-2)25(39)29(51-35)31(40)41/h8-17,23-30,34-35,39H,4-7,18-20H2,1-3H3,(H,40,41)/t23?,24?,25-,26+,27+,28?,29?,30-,34-,35+/m0/s1. The van der Waals surface area contributed by atoms with E-state index in [4.69, 9.17) is 37.9 Å². The predicted octanol–water partition coefficient (Wildman–Crippen LogP) is 4.05. The van der Waals surface area contributed by atoms with Crippen molar-refractivity contribution in [2.45, 2.75) is 101 Å². The highest BCUT2D eigenvalue weighted by molar-refractivity contribution is 5.89. The highest BCUT2D eigenvalue weighted by Crippen LogP contribution is 2.35. The van der Waals surface area contributed by atoms with Crippen LogP contribution in [0.2, 0.25) is 0 Å². The number of carbonyl (C=O) groups is 3. The maximum absolute atomic E-state index is 13.4. The molecule has 0 aromatic heterocycles. The molecule has 2 fully saturated rings. The lowest BCUT2D eigenvalue weighted by Gasteiger charge is -2.48. The number of methoxy groups -OCH3 is 1. The molecule has 4 unspecified atom stereocenters. The first-order valence-corrected chi connectivity index (χ1v) is 16.9. The molecule has 0 amide bonds. The van der Waals surface area contributed by atoms with E-state index in [2.05, 4.69) is 10.0 Å². The molecule has 16 heteroatoms. The summed E-state index contributed by atoms with van der Waals surface area (Å²) in [5.41, 5.74) is 9.93. The fourth-order valence-corrected chi connectivity index (χ4v) is 5.68. The van der Waals surface area contributed by atoms with Gasteiger partial charge in [-0.2, -0.15) is 0 Å². The zero-order chi connectivity index (χ0) is 36.8. The molecule has 0 radical (unpaired) electrons. The topological polar surface area (TPSA) is 214 Å². The number of unbranched alkanes of at least 4 members (excludes halogenated alkanes) is 2. The molecule has 2 aliphatic heterocycles. The number of rotatable bonds is 18. The van der Waals surface area contributed by atoms with Gasteiger partial charge < -0.3 is 48.1 Å². The molecular weight excluding hydrogens is 670 g/mol. The number of aliphatic hydroxyl groups excluding tert-OH is 1. The van der Waals surface area contributed by atoms with E-state index in [1.54, 1.807) is 48.5 Å². The van der Waals surface area contributed by atoms with Crippen molar-refractivity contribution < 1.29 is 62.5 Å². The first-order chi connectivity index (χ1) is 24.7. The second-order valence-electron chi connectivity index (χ2n) is 11.9. The molecule has 2 aliphatic rings. The number of carboxylic acid groups (broad SMARTS) is 1. The molecule has 0 aliphatic carbocycles. The van der Waals surface area contributed by atoms with Gasteiger partial charge in [-0.3, -0.25) is 0 Å². The van der Waals surface area contributed by atoms with E-state index in [9.17, 15) is 30.1 Å². The minimum atomic E-state index is -1.87. The molecule has 0 bridgehead atoms. The van der Waals surface area contributed by atoms with Gasteiger partial charge in [0.25, 0.3) is 0 Å². The Balaban J connectivity index is 1.75. The first-order valence-electron chi connectivity index (χ1n) is 16.9. The normalized spacial score (nSPS) is 29.0. The van der Waals surface area contributed by atoms with Crippen LogP contribution in [0.1, 0.15) is 60.2 Å². The molecule has 2 aromatic rings. The molecule has 2 saturated heterocycles. The fraction of sp³-hybridized carbons (Fsp3) is 0.571. The summed E-state index contributed by atoms with van der Waals surface area (Å²) in [6, 6.07) is 15.1. The van der Waals surface area contributed by atoms with Crippen LogP contribution in [0.5, 0.6) is 0 Å². The van der Waals surface area contributed by atoms with Gasteiger partial charge in [-0.15, -0.1) is 0 Å². The third kappa shape index (κ3) is 10.5. The van der Waals surface area contributed by atoms with E-state index in [-0.39, 0.29) is 24.3 Å². The highest BCUT2D eigenvalue weighted by atomic mass is 16.8. The Kier molecular flexibility index (Phi) is 15.6. The molecule has 4 rings (SSSR count). The van der Waals surface area contributed by atoms with Gasteiger partial charge in [0.15, 0.2) is 24.8 Å². The number of hydrogen-bond acceptors (Lipinski definition) is 13. The van der Waals surface area contributed by atoms with E-state index in [0.717, 1.165) is 12.8 Å². The van der Waals surface area contributed by atoms with Gasteiger partial charge in [-0.25, -0.2) is 14.4 Å². The van der Waals surface area contributed by atoms with Crippen LogP contribution < -0.4 is 0 Å². The summed E-state index contributed by atoms with van der Waals surface area (Å²) in [7, 11) is 1.34. The van der Waals surface area contributed by atoms with Crippen molar-refractivity contribution >= 4 is 17.9 Å². The molecule has 0 spiro atoms. The van der Waals surface area contributed by atoms with Crippen LogP contribution in [-0.2, 0) is 42.7 Å². The molecule has 51 heavy (non-hydrogen) atoms. The number of azide groups is 1. The van der Waals surface area contributed by atoms with Crippen LogP contribution >= 0.6 is 0 Å². The summed E-state index contributed by atoms with van der Waals surface area (Å²) in [5.74, 6) is -3.02. The van der Waals surface area contributed by atoms with Crippen molar-refractivity contribution in [3.63, 3.8) is 0 Å². The number of nitrogens with zero attached hydrogens (tertiary/aromatic N) is 3. The van der Waals surface area contributed by atoms with E-state index in [0.29, 0.717) is 12.8 Å². The van der Waals surface area contributed by atoms with Gasteiger partial charge in [0.1, 0.15) is 37.1 Å². The minimum absolute atomic E-state index is 0.0957. The predicted molar refractivity (Wildman–Crippen MR) is 177 cm³/mol. The van der Waals surface area contributed by atoms with Crippen molar-refractivity contribution in [2.75, 3.05) is 26.9 Å². The molecule has 16 nitrogen and oxygen atoms in total. The molecule has 10 atom stereocenters. The van der Waals surface area contributed by atoms with E-state index in [1.807, 2.05) is 13.8 Å². The van der Waals surface area contributed by atoms with E-state index < -0.39 is 85.9 Å². The van der Waals surface area contributed by atoms with Crippen molar-refractivity contribution in [1.82, 2.24) is 0 Å². The molecule has 278 valence electrons. The third-order valence-corrected chi connectivity index (χ3v) is 8.34. The zero-order valence-corrected chi connectivity index (χ0v) is 28.7. The SMILES string of the molecule is CCCCOC1[C@H](O)C(C(=O)O)O[C@@H](O[C@@H]2C(COC(=O)c3ccccc3)O[C@H](OC)C(N=[N+]=[N-])[C@H]2OCCCC)[C@H]1OC(=O)c1ccccc1. The van der Waals surface area contributed by atoms with Crippen molar-refractivity contribution in [3.8, 4) is 0 Å². The number of ether oxygens (including phenoxy) is 8. The number of hydrogen-bond donors (Lipinski definition) is 2. The van der Waals surface area contributed by atoms with E-state index in [1.165, 1.54) is 19.2 Å². The van der Waals surface area contributed by atoms with Crippen molar-refractivity contribution in [1.29, 1.82) is 0 Å². The largest absolute Gasteiger partial charge is 0.479 e. The summed E-state index contributed by atoms with van der Waals surface area (Å²) in [6.07, 6.45) is -10.5. The highest BCUT2D eigenvalue weighted by Gasteiger charge is 2.55. The molecule has 2 N–H and O–H groups in total. The van der Waals surface area contributed by atoms with Gasteiger partial charge in [0, 0.05) is 25.2 Å². The third-order valence-electron chi connectivity index (χ3n) is 8.34. The molecule has 2 heterocycles. The lowest BCUT2D eigenvalue weighted by Crippen LogP contribution is -2.66. The van der Waals surface area contributed by atoms with Crippen LogP contribution in [0.4, 0.5) is 0 Å². The lowest BCUT2D eigenvalue weighted by molar-refractivity contribution is -0.345. The Hall–Kier alpha value is -4.12. The number of esters is 2. The number of aliphatic carboxylic acids is 1. The van der Waals surface area contributed by atoms with Crippen LogP contribution in [0.25, 0.3) is 10.4 Å². The molecule has 0 saturated carbocycles. The van der Waals surface area contributed by atoms with Crippen molar-refractivity contribution in [2.24, 2.45) is 5.11 Å². The zero-order valence-electron chi connectivity index (χ0n) is 28.7. The molecular formula is C35H45N3O13. The molecule has 2 aromatic carbocycles. The van der Waals surface area contributed by atoms with Crippen molar-refractivity contribution in [3.05, 3.63) is 82.2 Å². The van der Waals surface area contributed by atoms with Gasteiger partial charge in [-0.1, -0.05) is 68.2 Å². The average molecular weight is 716 g/mol. The second-order valence-corrected chi connectivity index (χ2v) is 11.9. The smallest absolute Gasteiger partial charge is 0.338 e. The monoisotopic (exact) mass is 715 g/mol. The number of carbonyl (C=O) groups excluding carboxylic acids is 2. The van der Waals surface area contributed by atoms with Crippen LogP contribution in [0.15, 0.2) is 65.8 Å². The van der Waals surface area contributed by atoms with Gasteiger partial charge >= 0.3 is 17.9 Å². The summed E-state index contributed by atoms with van der Waals surface area (Å²) < 4.78 is 47.7. The quantitative estimate of drug-likeness (QED) is 0.0734. The number of aliphatic hydroxyl groups is 1. The maximum atomic E-state index is 13.4. The summed E-state index contributed by atoms with van der Waals surface area (Å²) in [5, 5.41) is 25.1. The average Bonchev–Trinajstić information content (AvgIpc) is 3.14. The lowest BCUT2D eigenvalue weighted by atomic mass is 9.95. The Labute approximate surface area is 295 Å². The Morgan fingerprint density at radius 3 is 1.96 bits per heavy atom. The maximum Gasteiger partial charge on any atom is 0.338 e. The minimum Gasteiger partial charge on any atom is -0.479 e.